The molecule has 1 spiro atoms. The zero-order valence-electron chi connectivity index (χ0n) is 9.93. The summed E-state index contributed by atoms with van der Waals surface area (Å²) < 4.78 is 13.2. The fourth-order valence-electron chi connectivity index (χ4n) is 2.68. The number of hydrogen-bond donors (Lipinski definition) is 1. The summed E-state index contributed by atoms with van der Waals surface area (Å²) in [5, 5.41) is 15.2. The summed E-state index contributed by atoms with van der Waals surface area (Å²) in [4.78, 5) is 0. The Bertz CT molecular complexity index is 380. The zero-order valence-corrected chi connectivity index (χ0v) is 9.93. The summed E-state index contributed by atoms with van der Waals surface area (Å²) in [5.41, 5.74) is -0.209. The molecule has 2 aliphatic rings. The van der Waals surface area contributed by atoms with Gasteiger partial charge in [-0.15, -0.1) is 5.10 Å². The van der Waals surface area contributed by atoms with Crippen LogP contribution >= 0.6 is 0 Å². The molecule has 0 saturated carbocycles. The molecule has 0 aliphatic carbocycles. The van der Waals surface area contributed by atoms with Crippen molar-refractivity contribution >= 4 is 0 Å². The third-order valence-electron chi connectivity index (χ3n) is 3.62. The average molecular weight is 239 g/mol. The third-order valence-corrected chi connectivity index (χ3v) is 3.62. The van der Waals surface area contributed by atoms with Gasteiger partial charge >= 0.3 is 0 Å². The van der Waals surface area contributed by atoms with E-state index >= 15 is 0 Å². The van der Waals surface area contributed by atoms with Crippen LogP contribution in [0.2, 0.25) is 0 Å². The van der Waals surface area contributed by atoms with Gasteiger partial charge in [-0.2, -0.15) is 0 Å². The van der Waals surface area contributed by atoms with Gasteiger partial charge in [0.05, 0.1) is 18.2 Å². The lowest BCUT2D eigenvalue weighted by Crippen LogP contribution is -2.55. The van der Waals surface area contributed by atoms with E-state index in [4.69, 9.17) is 9.47 Å². The number of aryl methyl sites for hydroxylation is 1. The molecule has 2 saturated heterocycles. The second-order valence-corrected chi connectivity index (χ2v) is 4.57. The fraction of sp³-hybridized carbons (Fsp3) is 0.900. The molecule has 2 aliphatic heterocycles. The maximum absolute atomic E-state index is 6.05. The second kappa shape index (κ2) is 4.32. The van der Waals surface area contributed by atoms with Crippen molar-refractivity contribution in [2.75, 3.05) is 26.4 Å². The largest absolute Gasteiger partial charge is 0.381 e. The summed E-state index contributed by atoms with van der Waals surface area (Å²) in [6.07, 6.45) is 1.77. The Morgan fingerprint density at radius 3 is 2.88 bits per heavy atom. The first kappa shape index (κ1) is 11.1. The molecule has 0 bridgehead atoms. The smallest absolute Gasteiger partial charge is 0.170 e. The van der Waals surface area contributed by atoms with E-state index in [9.17, 15) is 0 Å². The van der Waals surface area contributed by atoms with Gasteiger partial charge in [0.1, 0.15) is 0 Å². The summed E-state index contributed by atoms with van der Waals surface area (Å²) >= 11 is 0. The van der Waals surface area contributed by atoms with Gasteiger partial charge in [-0.1, -0.05) is 0 Å². The van der Waals surface area contributed by atoms with E-state index in [2.05, 4.69) is 20.8 Å². The van der Waals surface area contributed by atoms with Crippen LogP contribution in [0.25, 0.3) is 0 Å². The van der Waals surface area contributed by atoms with Crippen LogP contribution in [0.1, 0.15) is 24.7 Å². The van der Waals surface area contributed by atoms with Crippen LogP contribution in [0.15, 0.2) is 0 Å². The van der Waals surface area contributed by atoms with E-state index in [-0.39, 0.29) is 11.6 Å². The van der Waals surface area contributed by atoms with Gasteiger partial charge in [-0.3, -0.25) is 0 Å². The number of tetrazole rings is 1. The number of nitrogens with one attached hydrogen (secondary N) is 1. The molecule has 1 aromatic heterocycles. The molecule has 17 heavy (non-hydrogen) atoms. The van der Waals surface area contributed by atoms with Crippen LogP contribution in [-0.4, -0.2) is 52.2 Å². The van der Waals surface area contributed by atoms with Crippen LogP contribution in [0.4, 0.5) is 0 Å². The van der Waals surface area contributed by atoms with Crippen LogP contribution in [0.3, 0.4) is 0 Å². The van der Waals surface area contributed by atoms with E-state index in [0.29, 0.717) is 0 Å². The number of nitrogens with zero attached hydrogens (tertiary/aromatic N) is 4. The SMILES string of the molecule is Cn1nnnc1C1NCCOC12CCOCC2. The molecule has 3 heterocycles. The zero-order chi connectivity index (χ0) is 11.7. The Morgan fingerprint density at radius 1 is 1.35 bits per heavy atom. The van der Waals surface area contributed by atoms with Crippen molar-refractivity contribution in [1.29, 1.82) is 0 Å². The number of ether oxygens (including phenoxy) is 2. The Hall–Kier alpha value is -1.05. The molecule has 1 aromatic rings. The Labute approximate surface area is 99.5 Å². The van der Waals surface area contributed by atoms with Crippen LogP contribution < -0.4 is 5.32 Å². The monoisotopic (exact) mass is 239 g/mol. The van der Waals surface area contributed by atoms with Crippen molar-refractivity contribution in [3.05, 3.63) is 5.82 Å². The van der Waals surface area contributed by atoms with Gasteiger partial charge in [0.2, 0.25) is 0 Å². The maximum atomic E-state index is 6.05. The summed E-state index contributed by atoms with van der Waals surface area (Å²) in [6.45, 7) is 3.05. The predicted molar refractivity (Wildman–Crippen MR) is 58.3 cm³/mol. The topological polar surface area (TPSA) is 74.1 Å². The van der Waals surface area contributed by atoms with Crippen LogP contribution in [-0.2, 0) is 16.5 Å². The highest BCUT2D eigenvalue weighted by atomic mass is 16.5. The van der Waals surface area contributed by atoms with Crippen molar-refractivity contribution in [3.63, 3.8) is 0 Å². The van der Waals surface area contributed by atoms with Crippen molar-refractivity contribution < 1.29 is 9.47 Å². The third kappa shape index (κ3) is 1.84. The normalized spacial score (nSPS) is 28.4. The first-order valence-corrected chi connectivity index (χ1v) is 5.99. The maximum Gasteiger partial charge on any atom is 0.170 e. The summed E-state index contributed by atoms with van der Waals surface area (Å²) in [6, 6.07) is 0.0557. The molecule has 0 radical (unpaired) electrons. The lowest BCUT2D eigenvalue weighted by molar-refractivity contribution is -0.151. The quantitative estimate of drug-likeness (QED) is 0.707. The highest BCUT2D eigenvalue weighted by Gasteiger charge is 2.46. The predicted octanol–water partition coefficient (Wildman–Crippen LogP) is -0.580. The number of morpholine rings is 1. The minimum Gasteiger partial charge on any atom is -0.381 e. The first-order chi connectivity index (χ1) is 8.32. The van der Waals surface area contributed by atoms with E-state index in [1.54, 1.807) is 4.68 Å². The molecular formula is C10H17N5O2. The Balaban J connectivity index is 1.92. The highest BCUT2D eigenvalue weighted by Crippen LogP contribution is 2.38. The van der Waals surface area contributed by atoms with Gasteiger partial charge in [0, 0.05) is 39.6 Å². The molecule has 94 valence electrons. The van der Waals surface area contributed by atoms with Crippen molar-refractivity contribution in [2.24, 2.45) is 7.05 Å². The first-order valence-electron chi connectivity index (χ1n) is 5.99. The average Bonchev–Trinajstić information content (AvgIpc) is 2.77. The van der Waals surface area contributed by atoms with Gasteiger partial charge < -0.3 is 14.8 Å². The van der Waals surface area contributed by atoms with Crippen LogP contribution in [0, 0.1) is 0 Å². The van der Waals surface area contributed by atoms with Crippen LogP contribution in [0.5, 0.6) is 0 Å². The van der Waals surface area contributed by atoms with E-state index in [1.165, 1.54) is 0 Å². The summed E-state index contributed by atoms with van der Waals surface area (Å²) in [5.74, 6) is 0.839. The molecule has 7 heteroatoms. The second-order valence-electron chi connectivity index (χ2n) is 4.57. The molecule has 3 rings (SSSR count). The van der Waals surface area contributed by atoms with E-state index in [0.717, 1.165) is 45.0 Å². The molecule has 0 aromatic carbocycles. The molecule has 1 N–H and O–H groups in total. The fourth-order valence-corrected chi connectivity index (χ4v) is 2.68. The molecule has 7 nitrogen and oxygen atoms in total. The van der Waals surface area contributed by atoms with Gasteiger partial charge in [-0.05, 0) is 10.4 Å². The minimum absolute atomic E-state index is 0.0557. The Morgan fingerprint density at radius 2 is 2.18 bits per heavy atom. The van der Waals surface area contributed by atoms with Gasteiger partial charge in [0.15, 0.2) is 5.82 Å². The Kier molecular flexibility index (Phi) is 2.81. The summed E-state index contributed by atoms with van der Waals surface area (Å²) in [7, 11) is 1.86. The molecule has 1 unspecified atom stereocenters. The molecular weight excluding hydrogens is 222 g/mol. The minimum atomic E-state index is -0.209. The standard InChI is InChI=1S/C10H17N5O2/c1-15-9(12-13-14-15)8-10(17-7-4-11-8)2-5-16-6-3-10/h8,11H,2-7H2,1H3. The molecule has 1 atom stereocenters. The highest BCUT2D eigenvalue weighted by molar-refractivity contribution is 5.07. The van der Waals surface area contributed by atoms with Gasteiger partial charge in [-0.25, -0.2) is 4.68 Å². The lowest BCUT2D eigenvalue weighted by atomic mass is 9.84. The molecule has 2 fully saturated rings. The van der Waals surface area contributed by atoms with Crippen molar-refractivity contribution in [2.45, 2.75) is 24.5 Å². The van der Waals surface area contributed by atoms with E-state index < -0.39 is 0 Å². The van der Waals surface area contributed by atoms with E-state index in [1.807, 2.05) is 7.05 Å². The number of hydrogen-bond acceptors (Lipinski definition) is 6. The van der Waals surface area contributed by atoms with Gasteiger partial charge in [0.25, 0.3) is 0 Å². The molecule has 0 amide bonds. The van der Waals surface area contributed by atoms with Crippen molar-refractivity contribution in [3.8, 4) is 0 Å². The number of rotatable bonds is 1. The van der Waals surface area contributed by atoms with Crippen molar-refractivity contribution in [1.82, 2.24) is 25.5 Å². The number of aromatic nitrogens is 4. The lowest BCUT2D eigenvalue weighted by Gasteiger charge is -2.45.